The summed E-state index contributed by atoms with van der Waals surface area (Å²) in [5.41, 5.74) is 1.03. The van der Waals surface area contributed by atoms with E-state index < -0.39 is 23.9 Å². The molecule has 128 valence electrons. The topological polar surface area (TPSA) is 27.7 Å². The van der Waals surface area contributed by atoms with Gasteiger partial charge in [-0.25, -0.2) is 4.39 Å². The summed E-state index contributed by atoms with van der Waals surface area (Å²) in [6.07, 6.45) is -2.63. The maximum absolute atomic E-state index is 14.2. The Bertz CT molecular complexity index is 611. The van der Waals surface area contributed by atoms with Gasteiger partial charge in [0, 0.05) is 0 Å². The molecule has 0 N–H and O–H groups in total. The van der Waals surface area contributed by atoms with E-state index in [1.165, 1.54) is 0 Å². The van der Waals surface area contributed by atoms with E-state index in [1.54, 1.807) is 0 Å². The first kappa shape index (κ1) is 17.4. The predicted molar refractivity (Wildman–Crippen MR) is 90.5 cm³/mol. The van der Waals surface area contributed by atoms with Gasteiger partial charge in [0.05, 0.1) is 19.8 Å². The van der Waals surface area contributed by atoms with Crippen LogP contribution in [0.4, 0.5) is 4.39 Å². The van der Waals surface area contributed by atoms with Crippen molar-refractivity contribution in [3.63, 3.8) is 0 Å². The predicted octanol–water partition coefficient (Wildman–Crippen LogP) is 4.09. The molecule has 1 saturated heterocycles. The van der Waals surface area contributed by atoms with E-state index in [1.807, 2.05) is 60.7 Å². The minimum atomic E-state index is -1.37. The average molecular weight is 351 g/mol. The summed E-state index contributed by atoms with van der Waals surface area (Å²) in [5.74, 6) is 0. The number of halogens is 2. The molecule has 3 rings (SSSR count). The quantitative estimate of drug-likeness (QED) is 0.704. The molecule has 24 heavy (non-hydrogen) atoms. The maximum Gasteiger partial charge on any atom is 0.169 e. The fraction of sp³-hybridized carbons (Fsp3) is 0.368. The van der Waals surface area contributed by atoms with Gasteiger partial charge in [0.15, 0.2) is 11.7 Å². The molecule has 1 fully saturated rings. The zero-order chi connectivity index (χ0) is 16.8. The van der Waals surface area contributed by atoms with Crippen LogP contribution in [-0.2, 0) is 27.4 Å². The van der Waals surface area contributed by atoms with E-state index in [9.17, 15) is 4.39 Å². The zero-order valence-corrected chi connectivity index (χ0v) is 13.9. The molecule has 5 heteroatoms. The molecule has 1 aliphatic rings. The van der Waals surface area contributed by atoms with Gasteiger partial charge in [-0.3, -0.25) is 0 Å². The number of benzene rings is 2. The molecule has 0 aliphatic carbocycles. The smallest absolute Gasteiger partial charge is 0.169 e. The summed E-state index contributed by atoms with van der Waals surface area (Å²) in [6, 6.07) is 19.4. The maximum atomic E-state index is 14.2. The van der Waals surface area contributed by atoms with E-state index in [0.717, 1.165) is 11.1 Å². The lowest BCUT2D eigenvalue weighted by atomic mass is 10.1. The van der Waals surface area contributed by atoms with Crippen molar-refractivity contribution in [2.75, 3.05) is 6.61 Å². The van der Waals surface area contributed by atoms with Crippen molar-refractivity contribution in [2.24, 2.45) is 0 Å². The molecular formula is C19H20ClFO3. The van der Waals surface area contributed by atoms with E-state index in [2.05, 4.69) is 0 Å². The third-order valence-electron chi connectivity index (χ3n) is 3.91. The van der Waals surface area contributed by atoms with Crippen LogP contribution in [0.25, 0.3) is 0 Å². The van der Waals surface area contributed by atoms with Crippen LogP contribution in [0.2, 0.25) is 0 Å². The van der Waals surface area contributed by atoms with Crippen LogP contribution in [0.3, 0.4) is 0 Å². The molecule has 1 heterocycles. The van der Waals surface area contributed by atoms with E-state index >= 15 is 0 Å². The summed E-state index contributed by atoms with van der Waals surface area (Å²) in [6.45, 7) is 0.988. The van der Waals surface area contributed by atoms with Crippen LogP contribution in [0.5, 0.6) is 0 Å². The van der Waals surface area contributed by atoms with Gasteiger partial charge in [-0.2, -0.15) is 0 Å². The number of hydrogen-bond acceptors (Lipinski definition) is 3. The molecule has 4 atom stereocenters. The largest absolute Gasteiger partial charge is 0.374 e. The van der Waals surface area contributed by atoms with Crippen molar-refractivity contribution in [1.29, 1.82) is 0 Å². The zero-order valence-electron chi connectivity index (χ0n) is 13.2. The van der Waals surface area contributed by atoms with Crippen molar-refractivity contribution in [3.8, 4) is 0 Å². The summed E-state index contributed by atoms with van der Waals surface area (Å²) >= 11 is 5.90. The van der Waals surface area contributed by atoms with Gasteiger partial charge < -0.3 is 14.2 Å². The highest BCUT2D eigenvalue weighted by Gasteiger charge is 2.45. The summed E-state index contributed by atoms with van der Waals surface area (Å²) in [4.78, 5) is 0. The van der Waals surface area contributed by atoms with Gasteiger partial charge in [-0.05, 0) is 11.1 Å². The Hall–Kier alpha value is -1.46. The van der Waals surface area contributed by atoms with Crippen LogP contribution < -0.4 is 0 Å². The van der Waals surface area contributed by atoms with Crippen LogP contribution in [0.15, 0.2) is 60.7 Å². The molecule has 0 amide bonds. The van der Waals surface area contributed by atoms with Crippen LogP contribution in [0.1, 0.15) is 11.1 Å². The van der Waals surface area contributed by atoms with Crippen LogP contribution in [0, 0.1) is 0 Å². The Labute approximate surface area is 146 Å². The number of ether oxygens (including phenoxy) is 3. The van der Waals surface area contributed by atoms with Gasteiger partial charge >= 0.3 is 0 Å². The molecular weight excluding hydrogens is 331 g/mol. The van der Waals surface area contributed by atoms with Gasteiger partial charge in [0.2, 0.25) is 0 Å². The van der Waals surface area contributed by atoms with Crippen molar-refractivity contribution in [1.82, 2.24) is 0 Å². The molecule has 1 aliphatic heterocycles. The third kappa shape index (κ3) is 4.54. The molecule has 0 saturated carbocycles. The van der Waals surface area contributed by atoms with E-state index in [0.29, 0.717) is 13.2 Å². The minimum absolute atomic E-state index is 0.234. The SMILES string of the molecule is FC1C(Cl)OC(COCc2ccccc2)C1OCc1ccccc1. The van der Waals surface area contributed by atoms with Gasteiger partial charge in [-0.1, -0.05) is 72.3 Å². The Morgan fingerprint density at radius 3 is 2.12 bits per heavy atom. The van der Waals surface area contributed by atoms with Crippen molar-refractivity contribution in [3.05, 3.63) is 71.8 Å². The van der Waals surface area contributed by atoms with E-state index in [-0.39, 0.29) is 6.61 Å². The van der Waals surface area contributed by atoms with Crippen molar-refractivity contribution >= 4 is 11.6 Å². The fourth-order valence-corrected chi connectivity index (χ4v) is 2.92. The monoisotopic (exact) mass is 350 g/mol. The second kappa shape index (κ2) is 8.58. The van der Waals surface area contributed by atoms with Crippen molar-refractivity contribution < 1.29 is 18.6 Å². The van der Waals surface area contributed by atoms with Gasteiger partial charge in [0.25, 0.3) is 0 Å². The minimum Gasteiger partial charge on any atom is -0.374 e. The standard InChI is InChI=1S/C19H20ClFO3/c20-19-17(21)18(23-12-15-9-5-2-6-10-15)16(24-19)13-22-11-14-7-3-1-4-8-14/h1-10,16-19H,11-13H2. The lowest BCUT2D eigenvalue weighted by molar-refractivity contribution is -0.0685. The Morgan fingerprint density at radius 2 is 1.50 bits per heavy atom. The first-order chi connectivity index (χ1) is 11.7. The number of rotatable bonds is 7. The molecule has 0 spiro atoms. The number of hydrogen-bond donors (Lipinski definition) is 0. The third-order valence-corrected chi connectivity index (χ3v) is 4.26. The molecule has 3 nitrogen and oxygen atoms in total. The molecule has 2 aromatic rings. The first-order valence-corrected chi connectivity index (χ1v) is 8.38. The summed E-state index contributed by atoms with van der Waals surface area (Å²) < 4.78 is 31.1. The summed E-state index contributed by atoms with van der Waals surface area (Å²) in [7, 11) is 0. The first-order valence-electron chi connectivity index (χ1n) is 7.95. The second-order valence-corrected chi connectivity index (χ2v) is 6.16. The van der Waals surface area contributed by atoms with E-state index in [4.69, 9.17) is 25.8 Å². The fourth-order valence-electron chi connectivity index (χ4n) is 2.64. The lowest BCUT2D eigenvalue weighted by Gasteiger charge is -2.20. The average Bonchev–Trinajstić information content (AvgIpc) is 2.89. The Kier molecular flexibility index (Phi) is 6.21. The normalized spacial score (nSPS) is 26.6. The molecule has 0 aromatic heterocycles. The highest BCUT2D eigenvalue weighted by atomic mass is 35.5. The Balaban J connectivity index is 1.52. The highest BCUT2D eigenvalue weighted by molar-refractivity contribution is 6.20. The molecule has 2 aromatic carbocycles. The highest BCUT2D eigenvalue weighted by Crippen LogP contribution is 2.30. The lowest BCUT2D eigenvalue weighted by Crippen LogP contribution is -2.34. The Morgan fingerprint density at radius 1 is 0.917 bits per heavy atom. The van der Waals surface area contributed by atoms with Gasteiger partial charge in [0.1, 0.15) is 12.2 Å². The van der Waals surface area contributed by atoms with Crippen LogP contribution >= 0.6 is 11.6 Å². The summed E-state index contributed by atoms with van der Waals surface area (Å²) in [5, 5.41) is 0. The number of alkyl halides is 2. The van der Waals surface area contributed by atoms with Gasteiger partial charge in [-0.15, -0.1) is 0 Å². The second-order valence-electron chi connectivity index (χ2n) is 5.73. The molecule has 0 radical (unpaired) electrons. The molecule has 0 bridgehead atoms. The van der Waals surface area contributed by atoms with Crippen molar-refractivity contribution in [2.45, 2.75) is 37.2 Å². The molecule has 4 unspecified atom stereocenters. The van der Waals surface area contributed by atoms with Crippen LogP contribution in [-0.4, -0.2) is 30.5 Å².